The highest BCUT2D eigenvalue weighted by molar-refractivity contribution is 5.97. The van der Waals surface area contributed by atoms with Gasteiger partial charge < -0.3 is 9.47 Å². The molecule has 51 heavy (non-hydrogen) atoms. The van der Waals surface area contributed by atoms with Crippen LogP contribution in [0.3, 0.4) is 0 Å². The molecule has 2 nitrogen and oxygen atoms in total. The van der Waals surface area contributed by atoms with Crippen LogP contribution in [0.4, 0.5) is 5.69 Å². The van der Waals surface area contributed by atoms with E-state index in [0.717, 1.165) is 24.1 Å². The second kappa shape index (κ2) is 12.3. The van der Waals surface area contributed by atoms with E-state index in [2.05, 4.69) is 194 Å². The van der Waals surface area contributed by atoms with E-state index in [4.69, 9.17) is 0 Å². The van der Waals surface area contributed by atoms with Crippen LogP contribution < -0.4 is 4.90 Å². The average Bonchev–Trinajstić information content (AvgIpc) is 3.94. The number of hydrogen-bond donors (Lipinski definition) is 0. The molecule has 246 valence electrons. The number of anilines is 1. The molecular weight excluding hydrogens is 617 g/mol. The third kappa shape index (κ3) is 5.18. The van der Waals surface area contributed by atoms with Crippen LogP contribution in [0.2, 0.25) is 0 Å². The summed E-state index contributed by atoms with van der Waals surface area (Å²) in [6.07, 6.45) is 17.4. The van der Waals surface area contributed by atoms with E-state index in [0.29, 0.717) is 0 Å². The van der Waals surface area contributed by atoms with Crippen molar-refractivity contribution in [3.05, 3.63) is 210 Å². The first kappa shape index (κ1) is 30.9. The van der Waals surface area contributed by atoms with Crippen molar-refractivity contribution in [3.8, 4) is 16.8 Å². The van der Waals surface area contributed by atoms with Crippen LogP contribution in [0.1, 0.15) is 48.2 Å². The van der Waals surface area contributed by atoms with Gasteiger partial charge in [-0.15, -0.1) is 0 Å². The van der Waals surface area contributed by atoms with Gasteiger partial charge in [-0.05, 0) is 93.1 Å². The van der Waals surface area contributed by atoms with Crippen molar-refractivity contribution in [2.75, 3.05) is 4.90 Å². The minimum atomic E-state index is -0.0333. The van der Waals surface area contributed by atoms with Crippen LogP contribution in [-0.2, 0) is 11.8 Å². The maximum atomic E-state index is 4.11. The Balaban J connectivity index is 1.11. The lowest BCUT2D eigenvalue weighted by Crippen LogP contribution is -2.18. The van der Waals surface area contributed by atoms with Crippen LogP contribution in [0.15, 0.2) is 182 Å². The molecule has 0 radical (unpaired) electrons. The minimum Gasteiger partial charge on any atom is -0.321 e. The molecule has 0 fully saturated rings. The fraction of sp³-hybridized carbons (Fsp3) is 0.102. The van der Waals surface area contributed by atoms with Gasteiger partial charge in [0.05, 0.1) is 5.52 Å². The summed E-state index contributed by atoms with van der Waals surface area (Å²) in [5.74, 6) is 0. The zero-order valence-electron chi connectivity index (χ0n) is 29.2. The normalized spacial score (nSPS) is 15.7. The molecule has 0 amide bonds. The Labute approximate surface area is 301 Å². The molecule has 3 aliphatic rings. The molecule has 0 saturated heterocycles. The smallest absolute Gasteiger partial charge is 0.0538 e. The van der Waals surface area contributed by atoms with E-state index >= 15 is 0 Å². The molecule has 0 spiro atoms. The molecule has 9 rings (SSSR count). The van der Waals surface area contributed by atoms with Gasteiger partial charge >= 0.3 is 0 Å². The molecular formula is C49H40N2. The third-order valence-electron chi connectivity index (χ3n) is 10.9. The Hall–Kier alpha value is -6.12. The summed E-state index contributed by atoms with van der Waals surface area (Å²) < 4.78 is 2.42. The average molecular weight is 657 g/mol. The molecule has 3 aliphatic carbocycles. The SMILES string of the molecule is C=C/C=C(\C=C/N(C1=CC2=C(C1)c1ccccc1C2(C)C)c1ccc(-c2ccccc2)cc1)c1ccc2c(c1)c1c(n2-c2ccccc2)CC=C1. The van der Waals surface area contributed by atoms with Gasteiger partial charge in [-0.2, -0.15) is 0 Å². The standard InChI is InChI=1S/C49H40N2/c1-4-14-34(37-25-28-48-44(31-37)42-20-13-22-47(42)51(48)39-17-9-6-10-18-39)29-30-50(38-26-23-36(24-27-38)35-15-7-5-8-16-35)40-32-43-41-19-11-12-21-45(41)49(2,3)46(43)33-40/h4-21,23-31,33H,1,22,32H2,2-3H3/b30-29-,34-14+. The summed E-state index contributed by atoms with van der Waals surface area (Å²) in [6.45, 7) is 8.83. The van der Waals surface area contributed by atoms with Crippen LogP contribution in [0, 0.1) is 0 Å². The first-order chi connectivity index (χ1) is 25.0. The van der Waals surface area contributed by atoms with Gasteiger partial charge in [0.1, 0.15) is 0 Å². The first-order valence-electron chi connectivity index (χ1n) is 17.9. The number of rotatable bonds is 8. The number of para-hydroxylation sites is 1. The zero-order chi connectivity index (χ0) is 34.5. The van der Waals surface area contributed by atoms with Gasteiger partial charge in [-0.1, -0.05) is 136 Å². The van der Waals surface area contributed by atoms with E-state index in [-0.39, 0.29) is 5.41 Å². The van der Waals surface area contributed by atoms with Crippen molar-refractivity contribution < 1.29 is 0 Å². The Bertz CT molecular complexity index is 2480. The predicted molar refractivity (Wildman–Crippen MR) is 217 cm³/mol. The van der Waals surface area contributed by atoms with E-state index in [1.54, 1.807) is 0 Å². The van der Waals surface area contributed by atoms with Crippen molar-refractivity contribution in [2.24, 2.45) is 0 Å². The summed E-state index contributed by atoms with van der Waals surface area (Å²) in [7, 11) is 0. The Morgan fingerprint density at radius 2 is 1.53 bits per heavy atom. The van der Waals surface area contributed by atoms with Gasteiger partial charge in [0.15, 0.2) is 0 Å². The highest BCUT2D eigenvalue weighted by Crippen LogP contribution is 2.53. The summed E-state index contributed by atoms with van der Waals surface area (Å²) in [6, 6.07) is 46.1. The third-order valence-corrected chi connectivity index (χ3v) is 10.9. The van der Waals surface area contributed by atoms with Crippen molar-refractivity contribution >= 4 is 33.8 Å². The lowest BCUT2D eigenvalue weighted by molar-refractivity contribution is 0.654. The molecule has 5 aromatic carbocycles. The summed E-state index contributed by atoms with van der Waals surface area (Å²) >= 11 is 0. The van der Waals surface area contributed by atoms with E-state index < -0.39 is 0 Å². The molecule has 0 unspecified atom stereocenters. The van der Waals surface area contributed by atoms with Gasteiger partial charge in [0.25, 0.3) is 0 Å². The Morgan fingerprint density at radius 1 is 0.804 bits per heavy atom. The van der Waals surface area contributed by atoms with Gasteiger partial charge in [0, 0.05) is 58.2 Å². The van der Waals surface area contributed by atoms with Crippen LogP contribution in [0.25, 0.3) is 44.9 Å². The quantitative estimate of drug-likeness (QED) is 0.148. The van der Waals surface area contributed by atoms with Gasteiger partial charge in [0.2, 0.25) is 0 Å². The number of hydrogen-bond acceptors (Lipinski definition) is 1. The zero-order valence-corrected chi connectivity index (χ0v) is 29.2. The predicted octanol–water partition coefficient (Wildman–Crippen LogP) is 12.5. The molecule has 1 heterocycles. The van der Waals surface area contributed by atoms with Crippen LogP contribution >= 0.6 is 0 Å². The van der Waals surface area contributed by atoms with Gasteiger partial charge in [-0.25, -0.2) is 0 Å². The highest BCUT2D eigenvalue weighted by Gasteiger charge is 2.40. The number of fused-ring (bicyclic) bond motifs is 5. The monoisotopic (exact) mass is 656 g/mol. The molecule has 6 aromatic rings. The fourth-order valence-corrected chi connectivity index (χ4v) is 8.39. The topological polar surface area (TPSA) is 8.17 Å². The first-order valence-corrected chi connectivity index (χ1v) is 17.9. The lowest BCUT2D eigenvalue weighted by atomic mass is 9.81. The number of benzene rings is 5. The maximum absolute atomic E-state index is 4.11. The molecule has 2 heteroatoms. The minimum absolute atomic E-state index is 0.0333. The largest absolute Gasteiger partial charge is 0.321 e. The maximum Gasteiger partial charge on any atom is 0.0538 e. The molecule has 0 N–H and O–H groups in total. The summed E-state index contributed by atoms with van der Waals surface area (Å²) in [5, 5.41) is 1.27. The van der Waals surface area contributed by atoms with Crippen molar-refractivity contribution in [1.82, 2.24) is 4.57 Å². The molecule has 0 aliphatic heterocycles. The van der Waals surface area contributed by atoms with Crippen LogP contribution in [-0.4, -0.2) is 4.57 Å². The van der Waals surface area contributed by atoms with E-state index in [1.165, 1.54) is 72.5 Å². The second-order valence-electron chi connectivity index (χ2n) is 14.2. The molecule has 0 atom stereocenters. The number of allylic oxidation sites excluding steroid dienone is 8. The molecule has 0 bridgehead atoms. The molecule has 0 saturated carbocycles. The van der Waals surface area contributed by atoms with Crippen molar-refractivity contribution in [2.45, 2.75) is 32.1 Å². The van der Waals surface area contributed by atoms with E-state index in [1.807, 2.05) is 6.08 Å². The van der Waals surface area contributed by atoms with E-state index in [9.17, 15) is 0 Å². The summed E-state index contributed by atoms with van der Waals surface area (Å²) in [5.41, 5.74) is 17.9. The van der Waals surface area contributed by atoms with Crippen LogP contribution in [0.5, 0.6) is 0 Å². The summed E-state index contributed by atoms with van der Waals surface area (Å²) in [4.78, 5) is 2.38. The Kier molecular flexibility index (Phi) is 7.47. The van der Waals surface area contributed by atoms with Crippen molar-refractivity contribution in [1.29, 1.82) is 0 Å². The highest BCUT2D eigenvalue weighted by atomic mass is 15.1. The second-order valence-corrected chi connectivity index (χ2v) is 14.2. The number of aromatic nitrogens is 1. The molecule has 1 aromatic heterocycles. The Morgan fingerprint density at radius 3 is 2.31 bits per heavy atom. The van der Waals surface area contributed by atoms with Crippen molar-refractivity contribution in [3.63, 3.8) is 0 Å². The fourth-order valence-electron chi connectivity index (χ4n) is 8.39. The lowest BCUT2D eigenvalue weighted by Gasteiger charge is -2.26. The number of nitrogens with zero attached hydrogens (tertiary/aromatic N) is 2. The van der Waals surface area contributed by atoms with Gasteiger partial charge in [-0.3, -0.25) is 0 Å².